The summed E-state index contributed by atoms with van der Waals surface area (Å²) < 4.78 is 0. The van der Waals surface area contributed by atoms with Gasteiger partial charge in [0.05, 0.1) is 0 Å². The number of piperazine rings is 1. The highest BCUT2D eigenvalue weighted by Gasteiger charge is 2.17. The predicted octanol–water partition coefficient (Wildman–Crippen LogP) is 3.93. The number of carbonyl (C=O) groups excluding carboxylic acids is 1. The zero-order valence-electron chi connectivity index (χ0n) is 18.5. The third kappa shape index (κ3) is 5.82. The van der Waals surface area contributed by atoms with Gasteiger partial charge in [-0.25, -0.2) is 4.98 Å². The van der Waals surface area contributed by atoms with Gasteiger partial charge in [0.25, 0.3) is 0 Å². The molecule has 2 heterocycles. The first-order valence-corrected chi connectivity index (χ1v) is 11.2. The molecule has 0 bridgehead atoms. The lowest BCUT2D eigenvalue weighted by molar-refractivity contribution is -0.112. The minimum Gasteiger partial charge on any atom is -0.369 e. The molecule has 1 aliphatic heterocycles. The first-order valence-electron chi connectivity index (χ1n) is 11.2. The number of aromatic nitrogens is 2. The van der Waals surface area contributed by atoms with E-state index >= 15 is 0 Å². The summed E-state index contributed by atoms with van der Waals surface area (Å²) >= 11 is 0. The lowest BCUT2D eigenvalue weighted by atomic mass is 10.2. The molecular weight excluding hydrogens is 388 g/mol. The molecule has 7 nitrogen and oxygen atoms in total. The minimum absolute atomic E-state index is 0.00876. The molecule has 0 atom stereocenters. The van der Waals surface area contributed by atoms with Crippen molar-refractivity contribution in [3.63, 3.8) is 0 Å². The number of ketones is 1. The summed E-state index contributed by atoms with van der Waals surface area (Å²) in [6.07, 6.45) is 9.90. The second kappa shape index (κ2) is 9.92. The minimum atomic E-state index is 0.00876. The number of nitrogens with one attached hydrogen (secondary N) is 2. The molecule has 1 aliphatic carbocycles. The number of anilines is 4. The summed E-state index contributed by atoms with van der Waals surface area (Å²) in [5.41, 5.74) is 3.03. The largest absolute Gasteiger partial charge is 0.369 e. The van der Waals surface area contributed by atoms with Crippen molar-refractivity contribution in [2.24, 2.45) is 0 Å². The highest BCUT2D eigenvalue weighted by Crippen LogP contribution is 2.26. The van der Waals surface area contributed by atoms with E-state index in [0.29, 0.717) is 12.0 Å². The van der Waals surface area contributed by atoms with Crippen molar-refractivity contribution in [1.29, 1.82) is 0 Å². The monoisotopic (exact) mass is 420 g/mol. The van der Waals surface area contributed by atoms with Crippen LogP contribution >= 0.6 is 0 Å². The molecule has 2 fully saturated rings. The quantitative estimate of drug-likeness (QED) is 0.658. The van der Waals surface area contributed by atoms with Gasteiger partial charge in [0.1, 0.15) is 5.82 Å². The molecule has 1 saturated carbocycles. The molecule has 1 aromatic heterocycles. The Balaban J connectivity index is 1.47. The van der Waals surface area contributed by atoms with Gasteiger partial charge in [0, 0.05) is 55.4 Å². The number of hydrogen-bond donors (Lipinski definition) is 2. The third-order valence-electron chi connectivity index (χ3n) is 6.00. The SMILES string of the molecule is CC(=O)/C=C/c1cnc(Nc2ccc(N3CCN(C)CC3)cc2)nc1NC1CCCC1. The summed E-state index contributed by atoms with van der Waals surface area (Å²) in [6.45, 7) is 5.84. The Morgan fingerprint density at radius 2 is 1.81 bits per heavy atom. The lowest BCUT2D eigenvalue weighted by Gasteiger charge is -2.34. The number of hydrogen-bond acceptors (Lipinski definition) is 7. The maximum atomic E-state index is 11.4. The average molecular weight is 421 g/mol. The fraction of sp³-hybridized carbons (Fsp3) is 0.458. The van der Waals surface area contributed by atoms with Gasteiger partial charge in [-0.05, 0) is 63.2 Å². The van der Waals surface area contributed by atoms with E-state index in [2.05, 4.69) is 56.7 Å². The Hall–Kier alpha value is -2.93. The first kappa shape index (κ1) is 21.3. The van der Waals surface area contributed by atoms with Crippen LogP contribution in [0.2, 0.25) is 0 Å². The van der Waals surface area contributed by atoms with Crippen molar-refractivity contribution in [2.45, 2.75) is 38.6 Å². The standard InChI is InChI=1S/C24H32N6O/c1-18(31)7-8-19-17-25-24(28-23(19)26-20-5-3-4-6-20)27-21-9-11-22(12-10-21)30-15-13-29(2)14-16-30/h7-12,17,20H,3-6,13-16H2,1-2H3,(H2,25,26,27,28)/b8-7+. The smallest absolute Gasteiger partial charge is 0.229 e. The highest BCUT2D eigenvalue weighted by atomic mass is 16.1. The zero-order chi connectivity index (χ0) is 21.6. The molecule has 0 radical (unpaired) electrons. The molecule has 2 N–H and O–H groups in total. The predicted molar refractivity (Wildman–Crippen MR) is 127 cm³/mol. The zero-order valence-corrected chi connectivity index (χ0v) is 18.5. The van der Waals surface area contributed by atoms with Crippen LogP contribution in [-0.4, -0.2) is 59.9 Å². The Bertz CT molecular complexity index is 912. The maximum Gasteiger partial charge on any atom is 0.229 e. The van der Waals surface area contributed by atoms with Crippen LogP contribution < -0.4 is 15.5 Å². The molecule has 2 aromatic rings. The molecule has 0 amide bonds. The van der Waals surface area contributed by atoms with E-state index in [1.807, 2.05) is 0 Å². The van der Waals surface area contributed by atoms with Crippen molar-refractivity contribution >= 4 is 35.0 Å². The number of carbonyl (C=O) groups is 1. The van der Waals surface area contributed by atoms with E-state index in [1.54, 1.807) is 25.3 Å². The molecule has 2 aliphatic rings. The van der Waals surface area contributed by atoms with Crippen molar-refractivity contribution in [3.8, 4) is 0 Å². The van der Waals surface area contributed by atoms with Crippen LogP contribution in [-0.2, 0) is 4.79 Å². The van der Waals surface area contributed by atoms with E-state index in [0.717, 1.165) is 56.1 Å². The first-order chi connectivity index (χ1) is 15.1. The van der Waals surface area contributed by atoms with E-state index in [1.165, 1.54) is 18.5 Å². The summed E-state index contributed by atoms with van der Waals surface area (Å²) in [5.74, 6) is 1.33. The van der Waals surface area contributed by atoms with Crippen molar-refractivity contribution in [3.05, 3.63) is 42.1 Å². The number of allylic oxidation sites excluding steroid dienone is 1. The summed E-state index contributed by atoms with van der Waals surface area (Å²) in [7, 11) is 2.17. The van der Waals surface area contributed by atoms with Crippen LogP contribution in [0.25, 0.3) is 6.08 Å². The van der Waals surface area contributed by atoms with Crippen LogP contribution in [0, 0.1) is 0 Å². The van der Waals surface area contributed by atoms with E-state index in [4.69, 9.17) is 4.98 Å². The normalized spacial score (nSPS) is 17.9. The van der Waals surface area contributed by atoms with Gasteiger partial charge in [0.15, 0.2) is 5.78 Å². The summed E-state index contributed by atoms with van der Waals surface area (Å²) in [6, 6.07) is 8.87. The van der Waals surface area contributed by atoms with E-state index in [-0.39, 0.29) is 5.78 Å². The Morgan fingerprint density at radius 3 is 2.48 bits per heavy atom. The van der Waals surface area contributed by atoms with Crippen LogP contribution in [0.3, 0.4) is 0 Å². The lowest BCUT2D eigenvalue weighted by Crippen LogP contribution is -2.44. The van der Waals surface area contributed by atoms with Gasteiger partial charge in [-0.2, -0.15) is 4.98 Å². The maximum absolute atomic E-state index is 11.4. The highest BCUT2D eigenvalue weighted by molar-refractivity contribution is 5.92. The summed E-state index contributed by atoms with van der Waals surface area (Å²) in [5, 5.41) is 6.87. The Labute approximate surface area is 184 Å². The third-order valence-corrected chi connectivity index (χ3v) is 6.00. The van der Waals surface area contributed by atoms with Gasteiger partial charge >= 0.3 is 0 Å². The second-order valence-electron chi connectivity index (χ2n) is 8.53. The van der Waals surface area contributed by atoms with Crippen LogP contribution in [0.1, 0.15) is 38.2 Å². The molecule has 31 heavy (non-hydrogen) atoms. The van der Waals surface area contributed by atoms with Crippen molar-refractivity contribution in [2.75, 3.05) is 48.8 Å². The number of rotatable bonds is 7. The Morgan fingerprint density at radius 1 is 1.10 bits per heavy atom. The molecule has 0 spiro atoms. The fourth-order valence-electron chi connectivity index (χ4n) is 4.11. The molecule has 0 unspecified atom stereocenters. The van der Waals surface area contributed by atoms with Crippen LogP contribution in [0.15, 0.2) is 36.5 Å². The van der Waals surface area contributed by atoms with Gasteiger partial charge in [-0.3, -0.25) is 4.79 Å². The molecule has 4 rings (SSSR count). The molecular formula is C24H32N6O. The number of nitrogens with zero attached hydrogens (tertiary/aromatic N) is 4. The van der Waals surface area contributed by atoms with Crippen molar-refractivity contribution in [1.82, 2.24) is 14.9 Å². The molecule has 164 valence electrons. The summed E-state index contributed by atoms with van der Waals surface area (Å²) in [4.78, 5) is 25.3. The van der Waals surface area contributed by atoms with E-state index < -0.39 is 0 Å². The van der Waals surface area contributed by atoms with Gasteiger partial charge in [-0.1, -0.05) is 12.8 Å². The number of benzene rings is 1. The van der Waals surface area contributed by atoms with Gasteiger partial charge in [-0.15, -0.1) is 0 Å². The average Bonchev–Trinajstić information content (AvgIpc) is 3.27. The van der Waals surface area contributed by atoms with Gasteiger partial charge in [0.2, 0.25) is 5.95 Å². The number of likely N-dealkylation sites (N-methyl/N-ethyl adjacent to an activating group) is 1. The molecule has 7 heteroatoms. The van der Waals surface area contributed by atoms with E-state index in [9.17, 15) is 4.79 Å². The van der Waals surface area contributed by atoms with Crippen molar-refractivity contribution < 1.29 is 4.79 Å². The van der Waals surface area contributed by atoms with Gasteiger partial charge < -0.3 is 20.4 Å². The topological polar surface area (TPSA) is 73.4 Å². The second-order valence-corrected chi connectivity index (χ2v) is 8.53. The van der Waals surface area contributed by atoms with Crippen LogP contribution in [0.5, 0.6) is 0 Å². The molecule has 1 aromatic carbocycles. The fourth-order valence-corrected chi connectivity index (χ4v) is 4.11. The van der Waals surface area contributed by atoms with Crippen LogP contribution in [0.4, 0.5) is 23.1 Å². The Kier molecular flexibility index (Phi) is 6.82. The molecule has 1 saturated heterocycles.